The van der Waals surface area contributed by atoms with Crippen molar-refractivity contribution in [3.05, 3.63) is 0 Å². The molecule has 6 nitrogen and oxygen atoms in total. The zero-order valence-electron chi connectivity index (χ0n) is 13.7. The lowest BCUT2D eigenvalue weighted by Gasteiger charge is -2.29. The van der Waals surface area contributed by atoms with Crippen molar-refractivity contribution < 1.29 is 19.8 Å². The van der Waals surface area contributed by atoms with Gasteiger partial charge in [-0.2, -0.15) is 0 Å². The SMILES string of the molecule is CCCCN(CCO)C(=O)NC(CC(=O)O)CC(C)(C)C. The van der Waals surface area contributed by atoms with Crippen LogP contribution in [0.4, 0.5) is 4.79 Å². The van der Waals surface area contributed by atoms with Gasteiger partial charge in [0.1, 0.15) is 0 Å². The van der Waals surface area contributed by atoms with Gasteiger partial charge in [0.15, 0.2) is 0 Å². The van der Waals surface area contributed by atoms with Crippen LogP contribution in [0, 0.1) is 5.41 Å². The Morgan fingerprint density at radius 1 is 1.24 bits per heavy atom. The fourth-order valence-electron chi connectivity index (χ4n) is 2.17. The molecule has 0 radical (unpaired) electrons. The van der Waals surface area contributed by atoms with E-state index in [1.165, 1.54) is 0 Å². The van der Waals surface area contributed by atoms with E-state index < -0.39 is 12.0 Å². The maximum atomic E-state index is 12.2. The minimum atomic E-state index is -0.924. The van der Waals surface area contributed by atoms with E-state index in [9.17, 15) is 9.59 Å². The topological polar surface area (TPSA) is 89.9 Å². The lowest BCUT2D eigenvalue weighted by Crippen LogP contribution is -2.47. The molecule has 21 heavy (non-hydrogen) atoms. The van der Waals surface area contributed by atoms with Crippen LogP contribution in [0.25, 0.3) is 0 Å². The number of hydrogen-bond acceptors (Lipinski definition) is 3. The first-order valence-corrected chi connectivity index (χ1v) is 7.57. The molecule has 0 aliphatic heterocycles. The second kappa shape index (κ2) is 9.60. The maximum Gasteiger partial charge on any atom is 0.317 e. The van der Waals surface area contributed by atoms with Gasteiger partial charge in [0.25, 0.3) is 0 Å². The van der Waals surface area contributed by atoms with Crippen LogP contribution in [0.1, 0.15) is 53.4 Å². The number of unbranched alkanes of at least 4 members (excludes halogenated alkanes) is 1. The Labute approximate surface area is 127 Å². The number of nitrogens with zero attached hydrogens (tertiary/aromatic N) is 1. The lowest BCUT2D eigenvalue weighted by atomic mass is 9.87. The molecule has 0 aromatic heterocycles. The average Bonchev–Trinajstić information content (AvgIpc) is 2.31. The molecule has 0 aromatic rings. The van der Waals surface area contributed by atoms with Crippen molar-refractivity contribution in [3.8, 4) is 0 Å². The highest BCUT2D eigenvalue weighted by Crippen LogP contribution is 2.22. The molecular formula is C15H30N2O4. The molecule has 2 amide bonds. The second-order valence-corrected chi connectivity index (χ2v) is 6.57. The Morgan fingerprint density at radius 2 is 1.86 bits per heavy atom. The molecule has 3 N–H and O–H groups in total. The molecule has 0 bridgehead atoms. The normalized spacial score (nSPS) is 12.8. The van der Waals surface area contributed by atoms with Gasteiger partial charge in [-0.05, 0) is 18.3 Å². The number of aliphatic carboxylic acids is 1. The first kappa shape index (κ1) is 19.7. The Bertz CT molecular complexity index is 326. The number of amides is 2. The lowest BCUT2D eigenvalue weighted by molar-refractivity contribution is -0.137. The van der Waals surface area contributed by atoms with Crippen LogP contribution in [0.15, 0.2) is 0 Å². The monoisotopic (exact) mass is 302 g/mol. The smallest absolute Gasteiger partial charge is 0.317 e. The molecule has 0 heterocycles. The van der Waals surface area contributed by atoms with E-state index in [0.29, 0.717) is 13.0 Å². The fourth-order valence-corrected chi connectivity index (χ4v) is 2.17. The summed E-state index contributed by atoms with van der Waals surface area (Å²) in [6.07, 6.45) is 2.31. The number of carboxylic acids is 1. The summed E-state index contributed by atoms with van der Waals surface area (Å²) in [5.74, 6) is -0.924. The van der Waals surface area contributed by atoms with Gasteiger partial charge < -0.3 is 20.4 Å². The van der Waals surface area contributed by atoms with Crippen LogP contribution < -0.4 is 5.32 Å². The van der Waals surface area contributed by atoms with E-state index in [4.69, 9.17) is 10.2 Å². The number of hydrogen-bond donors (Lipinski definition) is 3. The summed E-state index contributed by atoms with van der Waals surface area (Å²) in [5, 5.41) is 20.8. The summed E-state index contributed by atoms with van der Waals surface area (Å²) in [5.41, 5.74) is -0.0708. The fraction of sp³-hybridized carbons (Fsp3) is 0.867. The van der Waals surface area contributed by atoms with Crippen molar-refractivity contribution >= 4 is 12.0 Å². The molecular weight excluding hydrogens is 272 g/mol. The van der Waals surface area contributed by atoms with Gasteiger partial charge >= 0.3 is 12.0 Å². The number of rotatable bonds is 9. The van der Waals surface area contributed by atoms with Gasteiger partial charge in [0, 0.05) is 19.1 Å². The minimum Gasteiger partial charge on any atom is -0.481 e. The Kier molecular flexibility index (Phi) is 9.01. The molecule has 6 heteroatoms. The predicted molar refractivity (Wildman–Crippen MR) is 82.2 cm³/mol. The van der Waals surface area contributed by atoms with Crippen molar-refractivity contribution in [1.82, 2.24) is 10.2 Å². The van der Waals surface area contributed by atoms with Crippen LogP contribution in [0.5, 0.6) is 0 Å². The van der Waals surface area contributed by atoms with Crippen molar-refractivity contribution in [2.75, 3.05) is 19.7 Å². The second-order valence-electron chi connectivity index (χ2n) is 6.57. The van der Waals surface area contributed by atoms with Gasteiger partial charge in [-0.1, -0.05) is 34.1 Å². The number of nitrogens with one attached hydrogen (secondary N) is 1. The summed E-state index contributed by atoms with van der Waals surface area (Å²) < 4.78 is 0. The zero-order valence-corrected chi connectivity index (χ0v) is 13.7. The molecule has 0 spiro atoms. The van der Waals surface area contributed by atoms with E-state index in [0.717, 1.165) is 12.8 Å². The van der Waals surface area contributed by atoms with Crippen molar-refractivity contribution in [2.45, 2.75) is 59.4 Å². The number of carbonyl (C=O) groups is 2. The van der Waals surface area contributed by atoms with Crippen LogP contribution in [-0.2, 0) is 4.79 Å². The third-order valence-electron chi connectivity index (χ3n) is 3.05. The zero-order chi connectivity index (χ0) is 16.5. The van der Waals surface area contributed by atoms with Gasteiger partial charge in [-0.25, -0.2) is 4.79 Å². The quantitative estimate of drug-likeness (QED) is 0.608. The van der Waals surface area contributed by atoms with Crippen molar-refractivity contribution in [3.63, 3.8) is 0 Å². The Hall–Kier alpha value is -1.30. The van der Waals surface area contributed by atoms with Gasteiger partial charge in [-0.15, -0.1) is 0 Å². The summed E-state index contributed by atoms with van der Waals surface area (Å²) in [6.45, 7) is 8.80. The van der Waals surface area contributed by atoms with E-state index >= 15 is 0 Å². The molecule has 0 aromatic carbocycles. The largest absolute Gasteiger partial charge is 0.481 e. The maximum absolute atomic E-state index is 12.2. The summed E-state index contributed by atoms with van der Waals surface area (Å²) >= 11 is 0. The summed E-state index contributed by atoms with van der Waals surface area (Å²) in [4.78, 5) is 24.7. The number of carbonyl (C=O) groups excluding carboxylic acids is 1. The number of aliphatic hydroxyl groups is 1. The predicted octanol–water partition coefficient (Wildman–Crippen LogP) is 2.07. The average molecular weight is 302 g/mol. The highest BCUT2D eigenvalue weighted by atomic mass is 16.4. The van der Waals surface area contributed by atoms with Gasteiger partial charge in [0.05, 0.1) is 13.0 Å². The molecule has 0 saturated heterocycles. The van der Waals surface area contributed by atoms with Crippen LogP contribution in [-0.4, -0.2) is 52.9 Å². The highest BCUT2D eigenvalue weighted by Gasteiger charge is 2.24. The van der Waals surface area contributed by atoms with E-state index in [1.54, 1.807) is 4.90 Å². The Morgan fingerprint density at radius 3 is 2.29 bits per heavy atom. The molecule has 0 aliphatic rings. The molecule has 0 fully saturated rings. The highest BCUT2D eigenvalue weighted by molar-refractivity contribution is 5.76. The van der Waals surface area contributed by atoms with E-state index in [-0.39, 0.29) is 31.0 Å². The van der Waals surface area contributed by atoms with Crippen molar-refractivity contribution in [1.29, 1.82) is 0 Å². The Balaban J connectivity index is 4.69. The van der Waals surface area contributed by atoms with E-state index in [2.05, 4.69) is 5.32 Å². The molecule has 1 unspecified atom stereocenters. The summed E-state index contributed by atoms with van der Waals surface area (Å²) in [7, 11) is 0. The van der Waals surface area contributed by atoms with Gasteiger partial charge in [0.2, 0.25) is 0 Å². The first-order chi connectivity index (χ1) is 9.69. The first-order valence-electron chi connectivity index (χ1n) is 7.57. The molecule has 1 atom stereocenters. The molecule has 0 rings (SSSR count). The standard InChI is InChI=1S/C15H30N2O4/c1-5-6-7-17(8-9-18)14(21)16-12(10-13(19)20)11-15(2,3)4/h12,18H,5-11H2,1-4H3,(H,16,21)(H,19,20). The number of carboxylic acid groups (broad SMARTS) is 1. The molecule has 0 saturated carbocycles. The third kappa shape index (κ3) is 10.1. The van der Waals surface area contributed by atoms with Crippen molar-refractivity contribution in [2.24, 2.45) is 5.41 Å². The van der Waals surface area contributed by atoms with Gasteiger partial charge in [-0.3, -0.25) is 4.79 Å². The third-order valence-corrected chi connectivity index (χ3v) is 3.05. The summed E-state index contributed by atoms with van der Waals surface area (Å²) in [6, 6.07) is -0.703. The molecule has 0 aliphatic carbocycles. The minimum absolute atomic E-state index is 0.0708. The van der Waals surface area contributed by atoms with E-state index in [1.807, 2.05) is 27.7 Å². The van der Waals surface area contributed by atoms with Crippen LogP contribution >= 0.6 is 0 Å². The number of aliphatic hydroxyl groups excluding tert-OH is 1. The van der Waals surface area contributed by atoms with Crippen LogP contribution in [0.3, 0.4) is 0 Å². The number of urea groups is 1. The van der Waals surface area contributed by atoms with Crippen LogP contribution in [0.2, 0.25) is 0 Å². The molecule has 124 valence electrons.